The van der Waals surface area contributed by atoms with E-state index in [1.165, 1.54) is 0 Å². The van der Waals surface area contributed by atoms with Crippen LogP contribution in [0.4, 0.5) is 10.5 Å². The molecule has 0 aliphatic heterocycles. The van der Waals surface area contributed by atoms with Crippen LogP contribution < -0.4 is 10.6 Å². The van der Waals surface area contributed by atoms with E-state index < -0.39 is 6.09 Å². The highest BCUT2D eigenvalue weighted by Gasteiger charge is 2.14. The lowest BCUT2D eigenvalue weighted by atomic mass is 10.1. The van der Waals surface area contributed by atoms with Crippen LogP contribution >= 0.6 is 0 Å². The van der Waals surface area contributed by atoms with Crippen molar-refractivity contribution in [1.29, 1.82) is 0 Å². The average Bonchev–Trinajstić information content (AvgIpc) is 2.51. The highest BCUT2D eigenvalue weighted by atomic mass is 16.6. The van der Waals surface area contributed by atoms with Gasteiger partial charge in [0.15, 0.2) is 0 Å². The van der Waals surface area contributed by atoms with Crippen LogP contribution in [0.1, 0.15) is 38.1 Å². The van der Waals surface area contributed by atoms with Crippen molar-refractivity contribution >= 4 is 17.7 Å². The van der Waals surface area contributed by atoms with Crippen LogP contribution in [0.2, 0.25) is 0 Å². The smallest absolute Gasteiger partial charge is 0.411 e. The van der Waals surface area contributed by atoms with Gasteiger partial charge < -0.3 is 15.0 Å². The predicted octanol–water partition coefficient (Wildman–Crippen LogP) is 2.72. The number of benzene rings is 1. The molecule has 0 unspecified atom stereocenters. The van der Waals surface area contributed by atoms with E-state index in [9.17, 15) is 9.59 Å². The Hall–Kier alpha value is -2.08. The van der Waals surface area contributed by atoms with E-state index in [-0.39, 0.29) is 12.0 Å². The van der Waals surface area contributed by atoms with Gasteiger partial charge in [0.05, 0.1) is 17.4 Å². The van der Waals surface area contributed by atoms with E-state index in [1.807, 2.05) is 0 Å². The van der Waals surface area contributed by atoms with Gasteiger partial charge in [-0.05, 0) is 39.1 Å². The Morgan fingerprint density at radius 2 is 1.83 bits per heavy atom. The molecule has 0 spiro atoms. The van der Waals surface area contributed by atoms with Crippen molar-refractivity contribution in [2.75, 3.05) is 31.5 Å². The van der Waals surface area contributed by atoms with Crippen LogP contribution in [0.5, 0.6) is 0 Å². The molecule has 1 aromatic rings. The zero-order valence-electron chi connectivity index (χ0n) is 14.4. The minimum absolute atomic E-state index is 0.211. The SMILES string of the molecule is CCN(CC)CCNC(=O)c1ccccc1NC(=O)OC(C)C. The molecule has 2 N–H and O–H groups in total. The Morgan fingerprint density at radius 3 is 2.43 bits per heavy atom. The molecule has 0 aliphatic carbocycles. The molecule has 0 fully saturated rings. The number of nitrogens with zero attached hydrogens (tertiary/aromatic N) is 1. The Balaban J connectivity index is 2.65. The number of rotatable bonds is 8. The second-order valence-electron chi connectivity index (χ2n) is 5.41. The summed E-state index contributed by atoms with van der Waals surface area (Å²) in [6.45, 7) is 11.0. The molecule has 2 amide bonds. The van der Waals surface area contributed by atoms with Crippen molar-refractivity contribution in [1.82, 2.24) is 10.2 Å². The molecule has 0 saturated heterocycles. The summed E-state index contributed by atoms with van der Waals surface area (Å²) in [5.41, 5.74) is 0.867. The molecule has 6 heteroatoms. The maximum atomic E-state index is 12.3. The molecule has 0 aliphatic rings. The molecule has 23 heavy (non-hydrogen) atoms. The average molecular weight is 321 g/mol. The van der Waals surface area contributed by atoms with Crippen molar-refractivity contribution in [2.45, 2.75) is 33.8 Å². The lowest BCUT2D eigenvalue weighted by Gasteiger charge is -2.18. The fourth-order valence-electron chi connectivity index (χ4n) is 2.11. The van der Waals surface area contributed by atoms with Crippen LogP contribution in [0, 0.1) is 0 Å². The van der Waals surface area contributed by atoms with Gasteiger partial charge in [-0.25, -0.2) is 4.79 Å². The number of carbonyl (C=O) groups excluding carboxylic acids is 2. The minimum Gasteiger partial charge on any atom is -0.447 e. The monoisotopic (exact) mass is 321 g/mol. The van der Waals surface area contributed by atoms with Crippen molar-refractivity contribution in [3.05, 3.63) is 29.8 Å². The summed E-state index contributed by atoms with van der Waals surface area (Å²) in [7, 11) is 0. The number of hydrogen-bond acceptors (Lipinski definition) is 4. The number of hydrogen-bond donors (Lipinski definition) is 2. The molecule has 0 bridgehead atoms. The van der Waals surface area contributed by atoms with Gasteiger partial charge in [-0.1, -0.05) is 26.0 Å². The summed E-state index contributed by atoms with van der Waals surface area (Å²) in [6.07, 6.45) is -0.784. The summed E-state index contributed by atoms with van der Waals surface area (Å²) in [6, 6.07) is 6.88. The largest absolute Gasteiger partial charge is 0.447 e. The number of nitrogens with one attached hydrogen (secondary N) is 2. The molecule has 128 valence electrons. The third-order valence-corrected chi connectivity index (χ3v) is 3.36. The first-order chi connectivity index (χ1) is 11.0. The summed E-state index contributed by atoms with van der Waals surface area (Å²) in [4.78, 5) is 26.2. The van der Waals surface area contributed by atoms with E-state index in [4.69, 9.17) is 4.74 Å². The zero-order chi connectivity index (χ0) is 17.2. The highest BCUT2D eigenvalue weighted by Crippen LogP contribution is 2.15. The van der Waals surface area contributed by atoms with E-state index in [0.29, 0.717) is 17.8 Å². The number of anilines is 1. The third-order valence-electron chi connectivity index (χ3n) is 3.36. The molecule has 0 atom stereocenters. The maximum Gasteiger partial charge on any atom is 0.411 e. The standard InChI is InChI=1S/C17H27N3O3/c1-5-20(6-2)12-11-18-16(21)14-9-7-8-10-15(14)19-17(22)23-13(3)4/h7-10,13H,5-6,11-12H2,1-4H3,(H,18,21)(H,19,22). The number of para-hydroxylation sites is 1. The minimum atomic E-state index is -0.566. The second kappa shape index (κ2) is 9.84. The van der Waals surface area contributed by atoms with Gasteiger partial charge in [0, 0.05) is 13.1 Å². The Morgan fingerprint density at radius 1 is 1.17 bits per heavy atom. The van der Waals surface area contributed by atoms with Crippen molar-refractivity contribution in [3.63, 3.8) is 0 Å². The lowest BCUT2D eigenvalue weighted by molar-refractivity contribution is 0.0950. The van der Waals surface area contributed by atoms with Crippen LogP contribution in [0.25, 0.3) is 0 Å². The van der Waals surface area contributed by atoms with Crippen molar-refractivity contribution in [2.24, 2.45) is 0 Å². The molecular formula is C17H27N3O3. The Labute approximate surface area is 138 Å². The zero-order valence-corrected chi connectivity index (χ0v) is 14.4. The van der Waals surface area contributed by atoms with Gasteiger partial charge in [0.25, 0.3) is 5.91 Å². The molecule has 1 aromatic carbocycles. The first kappa shape index (κ1) is 19.0. The normalized spacial score (nSPS) is 10.7. The number of carbonyl (C=O) groups is 2. The number of ether oxygens (including phenoxy) is 1. The topological polar surface area (TPSA) is 70.7 Å². The molecule has 1 rings (SSSR count). The van der Waals surface area contributed by atoms with Gasteiger partial charge in [0.1, 0.15) is 0 Å². The molecule has 0 aromatic heterocycles. The molecule has 0 saturated carbocycles. The molecule has 0 heterocycles. The quantitative estimate of drug-likeness (QED) is 0.772. The van der Waals surface area contributed by atoms with Crippen LogP contribution in [0.15, 0.2) is 24.3 Å². The van der Waals surface area contributed by atoms with E-state index >= 15 is 0 Å². The van der Waals surface area contributed by atoms with Crippen LogP contribution in [0.3, 0.4) is 0 Å². The number of amides is 2. The number of likely N-dealkylation sites (N-methyl/N-ethyl adjacent to an activating group) is 1. The fraction of sp³-hybridized carbons (Fsp3) is 0.529. The third kappa shape index (κ3) is 6.69. The summed E-state index contributed by atoms with van der Waals surface area (Å²) in [5, 5.41) is 5.49. The fourth-order valence-corrected chi connectivity index (χ4v) is 2.11. The van der Waals surface area contributed by atoms with Gasteiger partial charge in [-0.15, -0.1) is 0 Å². The van der Waals surface area contributed by atoms with Gasteiger partial charge in [-0.3, -0.25) is 10.1 Å². The summed E-state index contributed by atoms with van der Waals surface area (Å²) < 4.78 is 5.04. The van der Waals surface area contributed by atoms with Gasteiger partial charge in [-0.2, -0.15) is 0 Å². The van der Waals surface area contributed by atoms with Crippen LogP contribution in [-0.2, 0) is 4.74 Å². The van der Waals surface area contributed by atoms with Crippen LogP contribution in [-0.4, -0.2) is 49.2 Å². The van der Waals surface area contributed by atoms with Gasteiger partial charge in [0.2, 0.25) is 0 Å². The molecule has 6 nitrogen and oxygen atoms in total. The summed E-state index contributed by atoms with van der Waals surface area (Å²) >= 11 is 0. The van der Waals surface area contributed by atoms with Crippen molar-refractivity contribution in [3.8, 4) is 0 Å². The van der Waals surface area contributed by atoms with E-state index in [0.717, 1.165) is 19.6 Å². The summed E-state index contributed by atoms with van der Waals surface area (Å²) in [5.74, 6) is -0.211. The van der Waals surface area contributed by atoms with E-state index in [1.54, 1.807) is 38.1 Å². The first-order valence-corrected chi connectivity index (χ1v) is 8.05. The second-order valence-corrected chi connectivity index (χ2v) is 5.41. The van der Waals surface area contributed by atoms with Crippen molar-refractivity contribution < 1.29 is 14.3 Å². The maximum absolute atomic E-state index is 12.3. The van der Waals surface area contributed by atoms with Gasteiger partial charge >= 0.3 is 6.09 Å². The van der Waals surface area contributed by atoms with E-state index in [2.05, 4.69) is 29.4 Å². The predicted molar refractivity (Wildman–Crippen MR) is 91.8 cm³/mol. The Kier molecular flexibility index (Phi) is 8.11. The first-order valence-electron chi connectivity index (χ1n) is 8.05. The molecular weight excluding hydrogens is 294 g/mol. The lowest BCUT2D eigenvalue weighted by Crippen LogP contribution is -2.35. The highest BCUT2D eigenvalue weighted by molar-refractivity contribution is 6.02. The molecule has 0 radical (unpaired) electrons. The Bertz CT molecular complexity index is 514.